The zero-order valence-corrected chi connectivity index (χ0v) is 8.88. The van der Waals surface area contributed by atoms with Gasteiger partial charge in [0, 0.05) is 19.5 Å². The van der Waals surface area contributed by atoms with Crippen molar-refractivity contribution in [2.75, 3.05) is 19.6 Å². The molecule has 0 saturated carbocycles. The maximum absolute atomic E-state index is 10.8. The number of rotatable bonds is 4. The molecule has 2 nitrogen and oxygen atoms in total. The van der Waals surface area contributed by atoms with Gasteiger partial charge in [-0.05, 0) is 32.2 Å². The molecule has 13 heavy (non-hydrogen) atoms. The Labute approximate surface area is 81.3 Å². The lowest BCUT2D eigenvalue weighted by Gasteiger charge is -2.31. The van der Waals surface area contributed by atoms with Gasteiger partial charge in [-0.3, -0.25) is 4.79 Å². The number of piperidine rings is 1. The highest BCUT2D eigenvalue weighted by Gasteiger charge is 2.17. The summed E-state index contributed by atoms with van der Waals surface area (Å²) in [5.41, 5.74) is 0. The van der Waals surface area contributed by atoms with Crippen LogP contribution in [0.25, 0.3) is 0 Å². The van der Waals surface area contributed by atoms with E-state index in [1.165, 1.54) is 32.4 Å². The molecule has 1 fully saturated rings. The van der Waals surface area contributed by atoms with Crippen LogP contribution in [0, 0.1) is 5.92 Å². The Kier molecular flexibility index (Phi) is 4.43. The van der Waals surface area contributed by atoms with Crippen LogP contribution in [0.3, 0.4) is 0 Å². The molecule has 2 heteroatoms. The number of ketones is 1. The van der Waals surface area contributed by atoms with E-state index in [9.17, 15) is 4.79 Å². The van der Waals surface area contributed by atoms with Crippen LogP contribution < -0.4 is 0 Å². The van der Waals surface area contributed by atoms with Gasteiger partial charge in [-0.15, -0.1) is 0 Å². The van der Waals surface area contributed by atoms with E-state index in [-0.39, 0.29) is 0 Å². The third-order valence-electron chi connectivity index (χ3n) is 2.96. The van der Waals surface area contributed by atoms with Crippen molar-refractivity contribution in [3.8, 4) is 0 Å². The van der Waals surface area contributed by atoms with Gasteiger partial charge >= 0.3 is 0 Å². The van der Waals surface area contributed by atoms with Crippen molar-refractivity contribution >= 4 is 5.78 Å². The molecule has 0 aliphatic carbocycles. The highest BCUT2D eigenvalue weighted by Crippen LogP contribution is 2.18. The molecule has 1 aliphatic rings. The van der Waals surface area contributed by atoms with E-state index in [4.69, 9.17) is 0 Å². The Balaban J connectivity index is 2.21. The highest BCUT2D eigenvalue weighted by molar-refractivity contribution is 5.75. The van der Waals surface area contributed by atoms with Crippen molar-refractivity contribution in [1.82, 2.24) is 4.90 Å². The van der Waals surface area contributed by atoms with Crippen LogP contribution in [0.15, 0.2) is 0 Å². The molecule has 0 spiro atoms. The van der Waals surface area contributed by atoms with E-state index in [0.717, 1.165) is 18.9 Å². The molecule has 0 aromatic heterocycles. The number of carbonyl (C=O) groups excluding carboxylic acids is 1. The summed E-state index contributed by atoms with van der Waals surface area (Å²) >= 11 is 0. The van der Waals surface area contributed by atoms with E-state index in [1.54, 1.807) is 6.92 Å². The fraction of sp³-hybridized carbons (Fsp3) is 0.909. The Morgan fingerprint density at radius 3 is 2.92 bits per heavy atom. The van der Waals surface area contributed by atoms with Gasteiger partial charge in [0.1, 0.15) is 5.78 Å². The molecule has 0 aromatic rings. The summed E-state index contributed by atoms with van der Waals surface area (Å²) in [6.45, 7) is 7.33. The zero-order chi connectivity index (χ0) is 9.68. The highest BCUT2D eigenvalue weighted by atomic mass is 16.1. The summed E-state index contributed by atoms with van der Waals surface area (Å²) in [5.74, 6) is 1.19. The molecule has 1 aliphatic heterocycles. The van der Waals surface area contributed by atoms with E-state index < -0.39 is 0 Å². The molecular formula is C11H21NO. The molecule has 1 unspecified atom stereocenters. The van der Waals surface area contributed by atoms with Crippen LogP contribution in [0.2, 0.25) is 0 Å². The quantitative estimate of drug-likeness (QED) is 0.665. The molecule has 1 rings (SSSR count). The predicted molar refractivity (Wildman–Crippen MR) is 54.8 cm³/mol. The van der Waals surface area contributed by atoms with Crippen molar-refractivity contribution in [3.63, 3.8) is 0 Å². The van der Waals surface area contributed by atoms with Gasteiger partial charge in [0.15, 0.2) is 0 Å². The average molecular weight is 183 g/mol. The van der Waals surface area contributed by atoms with Gasteiger partial charge < -0.3 is 4.90 Å². The monoisotopic (exact) mass is 183 g/mol. The molecule has 1 saturated heterocycles. The fourth-order valence-electron chi connectivity index (χ4n) is 2.00. The van der Waals surface area contributed by atoms with Crippen LogP contribution >= 0.6 is 0 Å². The van der Waals surface area contributed by atoms with Crippen molar-refractivity contribution in [2.24, 2.45) is 5.92 Å². The molecule has 0 radical (unpaired) electrons. The van der Waals surface area contributed by atoms with Gasteiger partial charge in [0.05, 0.1) is 0 Å². The minimum atomic E-state index is 0.318. The first-order valence-corrected chi connectivity index (χ1v) is 5.44. The van der Waals surface area contributed by atoms with E-state index in [1.807, 2.05) is 0 Å². The summed E-state index contributed by atoms with van der Waals surface area (Å²) in [7, 11) is 0. The molecule has 1 heterocycles. The maximum Gasteiger partial charge on any atom is 0.131 e. The average Bonchev–Trinajstić information content (AvgIpc) is 2.15. The summed E-state index contributed by atoms with van der Waals surface area (Å²) in [4.78, 5) is 13.3. The first-order valence-electron chi connectivity index (χ1n) is 5.44. The van der Waals surface area contributed by atoms with Gasteiger partial charge in [-0.25, -0.2) is 0 Å². The van der Waals surface area contributed by atoms with Crippen LogP contribution in [0.4, 0.5) is 0 Å². The Bertz CT molecular complexity index is 167. The lowest BCUT2D eigenvalue weighted by molar-refractivity contribution is -0.117. The molecular weight excluding hydrogens is 162 g/mol. The summed E-state index contributed by atoms with van der Waals surface area (Å²) in [6, 6.07) is 0. The minimum Gasteiger partial charge on any atom is -0.303 e. The van der Waals surface area contributed by atoms with Gasteiger partial charge in [-0.1, -0.05) is 13.3 Å². The second-order valence-electron chi connectivity index (χ2n) is 4.17. The number of hydrogen-bond acceptors (Lipinski definition) is 2. The Hall–Kier alpha value is -0.370. The number of Topliss-reactive ketones (excluding diaryl/α,β-unsaturated/α-hetero) is 1. The van der Waals surface area contributed by atoms with E-state index in [0.29, 0.717) is 5.78 Å². The first kappa shape index (κ1) is 10.7. The Morgan fingerprint density at radius 1 is 1.54 bits per heavy atom. The predicted octanol–water partition coefficient (Wildman–Crippen LogP) is 2.09. The molecule has 0 amide bonds. The summed E-state index contributed by atoms with van der Waals surface area (Å²) < 4.78 is 0. The fourth-order valence-corrected chi connectivity index (χ4v) is 2.00. The van der Waals surface area contributed by atoms with Crippen LogP contribution in [0.5, 0.6) is 0 Å². The summed E-state index contributed by atoms with van der Waals surface area (Å²) in [6.07, 6.45) is 4.72. The zero-order valence-electron chi connectivity index (χ0n) is 8.88. The number of carbonyl (C=O) groups is 1. The van der Waals surface area contributed by atoms with E-state index in [2.05, 4.69) is 11.8 Å². The molecule has 0 bridgehead atoms. The lowest BCUT2D eigenvalue weighted by Crippen LogP contribution is -2.36. The first-order chi connectivity index (χ1) is 6.22. The smallest absolute Gasteiger partial charge is 0.131 e. The van der Waals surface area contributed by atoms with Gasteiger partial charge in [0.25, 0.3) is 0 Å². The van der Waals surface area contributed by atoms with Crippen molar-refractivity contribution in [2.45, 2.75) is 39.5 Å². The second-order valence-corrected chi connectivity index (χ2v) is 4.17. The third kappa shape index (κ3) is 3.90. The van der Waals surface area contributed by atoms with Crippen LogP contribution in [-0.2, 0) is 4.79 Å². The summed E-state index contributed by atoms with van der Waals surface area (Å²) in [5, 5.41) is 0. The van der Waals surface area contributed by atoms with Gasteiger partial charge in [-0.2, -0.15) is 0 Å². The number of likely N-dealkylation sites (tertiary alicyclic amines) is 1. The normalized spacial score (nSPS) is 24.6. The van der Waals surface area contributed by atoms with E-state index >= 15 is 0 Å². The molecule has 0 aromatic carbocycles. The topological polar surface area (TPSA) is 20.3 Å². The molecule has 1 atom stereocenters. The van der Waals surface area contributed by atoms with Gasteiger partial charge in [0.2, 0.25) is 0 Å². The van der Waals surface area contributed by atoms with Crippen molar-refractivity contribution in [1.29, 1.82) is 0 Å². The minimum absolute atomic E-state index is 0.318. The van der Waals surface area contributed by atoms with Crippen LogP contribution in [-0.4, -0.2) is 30.3 Å². The second kappa shape index (κ2) is 5.38. The molecule has 0 N–H and O–H groups in total. The largest absolute Gasteiger partial charge is 0.303 e. The Morgan fingerprint density at radius 2 is 2.31 bits per heavy atom. The van der Waals surface area contributed by atoms with Crippen LogP contribution in [0.1, 0.15) is 39.5 Å². The molecule has 76 valence electrons. The SMILES string of the molecule is CCC1CCCN(CCC(C)=O)C1. The van der Waals surface area contributed by atoms with Crippen molar-refractivity contribution in [3.05, 3.63) is 0 Å². The van der Waals surface area contributed by atoms with Crippen molar-refractivity contribution < 1.29 is 4.79 Å². The number of nitrogens with zero attached hydrogens (tertiary/aromatic N) is 1. The lowest BCUT2D eigenvalue weighted by atomic mass is 9.95. The third-order valence-corrected chi connectivity index (χ3v) is 2.96. The number of hydrogen-bond donors (Lipinski definition) is 0. The maximum atomic E-state index is 10.8. The standard InChI is InChI=1S/C11H21NO/c1-3-11-5-4-7-12(9-11)8-6-10(2)13/h11H,3-9H2,1-2H3.